The first kappa shape index (κ1) is 18.9. The number of hydrogen-bond donors (Lipinski definition) is 2. The van der Waals surface area contributed by atoms with Crippen LogP contribution in [0.3, 0.4) is 0 Å². The first-order valence-electron chi connectivity index (χ1n) is 7.97. The van der Waals surface area contributed by atoms with Crippen molar-refractivity contribution >= 4 is 51.7 Å². The van der Waals surface area contributed by atoms with Gasteiger partial charge >= 0.3 is 5.97 Å². The summed E-state index contributed by atoms with van der Waals surface area (Å²) in [5, 5.41) is 13.0. The number of hydrogen-bond acceptors (Lipinski definition) is 4. The number of carboxylic acids is 1. The first-order valence-corrected chi connectivity index (χ1v) is 8.72. The number of aromatic carboxylic acids is 1. The molecule has 27 heavy (non-hydrogen) atoms. The van der Waals surface area contributed by atoms with E-state index in [9.17, 15) is 14.7 Å². The van der Waals surface area contributed by atoms with Gasteiger partial charge in [0, 0.05) is 11.6 Å². The Morgan fingerprint density at radius 1 is 1.15 bits per heavy atom. The minimum atomic E-state index is -1.15. The Kier molecular flexibility index (Phi) is 5.48. The smallest absolute Gasteiger partial charge is 0.341 e. The zero-order valence-electron chi connectivity index (χ0n) is 14.1. The topological polar surface area (TPSA) is 88.5 Å². The number of carbonyl (C=O) groups excluding carboxylic acids is 1. The van der Waals surface area contributed by atoms with Crippen LogP contribution in [0.5, 0.6) is 5.75 Å². The van der Waals surface area contributed by atoms with E-state index in [1.807, 2.05) is 0 Å². The molecule has 0 spiro atoms. The van der Waals surface area contributed by atoms with Crippen LogP contribution < -0.4 is 10.1 Å². The maximum absolute atomic E-state index is 12.7. The number of carbonyl (C=O) groups is 2. The summed E-state index contributed by atoms with van der Waals surface area (Å²) in [5.41, 5.74) is 0.862. The lowest BCUT2D eigenvalue weighted by atomic mass is 10.1. The summed E-state index contributed by atoms with van der Waals surface area (Å²) in [5.74, 6) is -1.45. The van der Waals surface area contributed by atoms with Crippen LogP contribution in [0.4, 0.5) is 5.69 Å². The summed E-state index contributed by atoms with van der Waals surface area (Å²) in [6, 6.07) is 9.77. The van der Waals surface area contributed by atoms with E-state index < -0.39 is 11.9 Å². The molecule has 0 fully saturated rings. The Hall–Kier alpha value is -2.83. The Balaban J connectivity index is 2.09. The van der Waals surface area contributed by atoms with Gasteiger partial charge in [0.25, 0.3) is 5.91 Å². The van der Waals surface area contributed by atoms with Gasteiger partial charge in [-0.2, -0.15) is 0 Å². The molecule has 1 aromatic heterocycles. The molecule has 0 radical (unpaired) electrons. The molecule has 2 N–H and O–H groups in total. The van der Waals surface area contributed by atoms with E-state index in [0.29, 0.717) is 16.6 Å². The largest absolute Gasteiger partial charge is 0.492 e. The summed E-state index contributed by atoms with van der Waals surface area (Å²) in [4.78, 5) is 28.3. The van der Waals surface area contributed by atoms with Crippen LogP contribution in [0, 0.1) is 0 Å². The average Bonchev–Trinajstić information content (AvgIpc) is 2.62. The van der Waals surface area contributed by atoms with Crippen molar-refractivity contribution in [3.63, 3.8) is 0 Å². The molecule has 0 aliphatic carbocycles. The Morgan fingerprint density at radius 2 is 1.81 bits per heavy atom. The second-order valence-corrected chi connectivity index (χ2v) is 6.31. The normalized spacial score (nSPS) is 10.6. The van der Waals surface area contributed by atoms with Gasteiger partial charge in [-0.25, -0.2) is 4.79 Å². The number of halogens is 2. The summed E-state index contributed by atoms with van der Waals surface area (Å²) < 4.78 is 5.52. The van der Waals surface area contributed by atoms with E-state index >= 15 is 0 Å². The third kappa shape index (κ3) is 3.67. The number of anilines is 1. The Labute approximate surface area is 164 Å². The van der Waals surface area contributed by atoms with E-state index in [-0.39, 0.29) is 33.5 Å². The van der Waals surface area contributed by atoms with Gasteiger partial charge in [0.2, 0.25) is 0 Å². The van der Waals surface area contributed by atoms with Crippen molar-refractivity contribution in [2.24, 2.45) is 0 Å². The quantitative estimate of drug-likeness (QED) is 0.631. The predicted octanol–water partition coefficient (Wildman–Crippen LogP) is 4.89. The second-order valence-electron chi connectivity index (χ2n) is 5.49. The Morgan fingerprint density at radius 3 is 2.44 bits per heavy atom. The fraction of sp³-hybridized carbons (Fsp3) is 0.105. The zero-order valence-corrected chi connectivity index (χ0v) is 15.6. The van der Waals surface area contributed by atoms with Gasteiger partial charge in [-0.05, 0) is 31.2 Å². The number of amides is 1. The van der Waals surface area contributed by atoms with Crippen LogP contribution in [-0.4, -0.2) is 28.6 Å². The molecule has 0 aliphatic heterocycles. The fourth-order valence-electron chi connectivity index (χ4n) is 2.65. The van der Waals surface area contributed by atoms with Crippen LogP contribution in [-0.2, 0) is 0 Å². The van der Waals surface area contributed by atoms with Crippen LogP contribution >= 0.6 is 23.2 Å². The van der Waals surface area contributed by atoms with Crippen molar-refractivity contribution in [1.82, 2.24) is 4.98 Å². The minimum Gasteiger partial charge on any atom is -0.492 e. The molecule has 2 aromatic carbocycles. The highest BCUT2D eigenvalue weighted by Gasteiger charge is 2.20. The van der Waals surface area contributed by atoms with Gasteiger partial charge in [0.1, 0.15) is 11.3 Å². The molecule has 0 aliphatic rings. The van der Waals surface area contributed by atoms with Gasteiger partial charge in [-0.15, -0.1) is 0 Å². The average molecular weight is 405 g/mol. The van der Waals surface area contributed by atoms with E-state index in [4.69, 9.17) is 27.9 Å². The first-order chi connectivity index (χ1) is 12.9. The number of benzene rings is 2. The highest BCUT2D eigenvalue weighted by molar-refractivity contribution is 6.40. The molecule has 1 heterocycles. The number of nitrogens with zero attached hydrogens (tertiary/aromatic N) is 1. The third-order valence-corrected chi connectivity index (χ3v) is 4.44. The maximum Gasteiger partial charge on any atom is 0.341 e. The van der Waals surface area contributed by atoms with Crippen LogP contribution in [0.1, 0.15) is 27.6 Å². The molecule has 0 bridgehead atoms. The number of aromatic nitrogens is 1. The molecular formula is C19H14Cl2N2O4. The van der Waals surface area contributed by atoms with E-state index in [0.717, 1.165) is 0 Å². The molecule has 6 nitrogen and oxygen atoms in total. The number of pyridine rings is 1. The van der Waals surface area contributed by atoms with Crippen LogP contribution in [0.2, 0.25) is 10.0 Å². The molecule has 0 unspecified atom stereocenters. The monoisotopic (exact) mass is 404 g/mol. The summed E-state index contributed by atoms with van der Waals surface area (Å²) in [7, 11) is 0. The molecule has 0 saturated heterocycles. The molecule has 8 heteroatoms. The predicted molar refractivity (Wildman–Crippen MR) is 104 cm³/mol. The number of rotatable bonds is 5. The maximum atomic E-state index is 12.7. The molecule has 1 amide bonds. The summed E-state index contributed by atoms with van der Waals surface area (Å²) in [6.45, 7) is 2.04. The Bertz CT molecular complexity index is 1030. The number of carboxylic acid groups (broad SMARTS) is 1. The standard InChI is InChI=1S/C19H14Cl2N2O4/c1-2-27-17-10-5-3-8-14(16(10)22-9-11(17)19(25)26)23-18(24)15-12(20)6-4-7-13(15)21/h3-9H,2H2,1H3,(H,23,24)(H,25,26). The molecular weight excluding hydrogens is 391 g/mol. The van der Waals surface area contributed by atoms with Gasteiger partial charge in [0.15, 0.2) is 0 Å². The van der Waals surface area contributed by atoms with Gasteiger partial charge in [-0.1, -0.05) is 35.3 Å². The number of para-hydroxylation sites is 1. The molecule has 3 rings (SSSR count). The van der Waals surface area contributed by atoms with Gasteiger partial charge in [-0.3, -0.25) is 9.78 Å². The summed E-state index contributed by atoms with van der Waals surface area (Å²) in [6.07, 6.45) is 1.20. The molecule has 0 atom stereocenters. The molecule has 0 saturated carbocycles. The van der Waals surface area contributed by atoms with Gasteiger partial charge < -0.3 is 15.2 Å². The SMILES string of the molecule is CCOc1c(C(=O)O)cnc2c(NC(=O)c3c(Cl)cccc3Cl)cccc12. The van der Waals surface area contributed by atoms with Crippen LogP contribution in [0.15, 0.2) is 42.6 Å². The second kappa shape index (κ2) is 7.82. The fourth-order valence-corrected chi connectivity index (χ4v) is 3.22. The molecule has 138 valence electrons. The van der Waals surface area contributed by atoms with Crippen molar-refractivity contribution in [2.75, 3.05) is 11.9 Å². The zero-order chi connectivity index (χ0) is 19.6. The van der Waals surface area contributed by atoms with Crippen molar-refractivity contribution in [3.05, 3.63) is 63.8 Å². The van der Waals surface area contributed by atoms with Crippen molar-refractivity contribution in [1.29, 1.82) is 0 Å². The van der Waals surface area contributed by atoms with Gasteiger partial charge in [0.05, 0.1) is 33.4 Å². The van der Waals surface area contributed by atoms with E-state index in [1.165, 1.54) is 6.20 Å². The van der Waals surface area contributed by atoms with E-state index in [1.54, 1.807) is 43.3 Å². The number of nitrogens with one attached hydrogen (secondary N) is 1. The number of fused-ring (bicyclic) bond motifs is 1. The number of ether oxygens (including phenoxy) is 1. The highest BCUT2D eigenvalue weighted by atomic mass is 35.5. The van der Waals surface area contributed by atoms with E-state index in [2.05, 4.69) is 10.3 Å². The lowest BCUT2D eigenvalue weighted by Crippen LogP contribution is -2.14. The molecule has 3 aromatic rings. The van der Waals surface area contributed by atoms with Crippen molar-refractivity contribution in [2.45, 2.75) is 6.92 Å². The summed E-state index contributed by atoms with van der Waals surface area (Å²) >= 11 is 12.2. The van der Waals surface area contributed by atoms with Crippen molar-refractivity contribution < 1.29 is 19.4 Å². The lowest BCUT2D eigenvalue weighted by molar-refractivity contribution is 0.0692. The third-order valence-electron chi connectivity index (χ3n) is 3.81. The van der Waals surface area contributed by atoms with Crippen molar-refractivity contribution in [3.8, 4) is 5.75 Å². The van der Waals surface area contributed by atoms with Crippen LogP contribution in [0.25, 0.3) is 10.9 Å². The highest BCUT2D eigenvalue weighted by Crippen LogP contribution is 2.33. The lowest BCUT2D eigenvalue weighted by Gasteiger charge is -2.14. The minimum absolute atomic E-state index is 0.0537.